The SMILES string of the molecule is Cc1ccccc1NC(=O)c1ccc(N2C(=O)C3CCC(C)CC3C2=O)cc1. The first-order chi connectivity index (χ1) is 13.5. The number of amides is 3. The number of para-hydroxylation sites is 1. The van der Waals surface area contributed by atoms with Crippen LogP contribution in [-0.4, -0.2) is 17.7 Å². The zero-order valence-electron chi connectivity index (χ0n) is 16.1. The normalized spacial score (nSPS) is 24.2. The fourth-order valence-corrected chi connectivity index (χ4v) is 4.31. The molecule has 2 aromatic rings. The van der Waals surface area contributed by atoms with Gasteiger partial charge in [0.05, 0.1) is 17.5 Å². The summed E-state index contributed by atoms with van der Waals surface area (Å²) in [6.07, 6.45) is 2.55. The maximum atomic E-state index is 12.8. The molecule has 144 valence electrons. The third-order valence-electron chi connectivity index (χ3n) is 5.97. The second-order valence-electron chi connectivity index (χ2n) is 7.96. The molecule has 3 amide bonds. The molecular formula is C23H24N2O3. The molecule has 3 atom stereocenters. The molecule has 0 spiro atoms. The van der Waals surface area contributed by atoms with Crippen molar-refractivity contribution in [2.24, 2.45) is 17.8 Å². The predicted octanol–water partition coefficient (Wildman–Crippen LogP) is 4.17. The molecule has 2 aliphatic rings. The molecule has 5 nitrogen and oxygen atoms in total. The summed E-state index contributed by atoms with van der Waals surface area (Å²) in [6.45, 7) is 4.07. The summed E-state index contributed by atoms with van der Waals surface area (Å²) >= 11 is 0. The minimum Gasteiger partial charge on any atom is -0.322 e. The summed E-state index contributed by atoms with van der Waals surface area (Å²) in [5.74, 6) is -0.321. The number of carbonyl (C=O) groups excluding carboxylic acids is 3. The van der Waals surface area contributed by atoms with Gasteiger partial charge in [-0.3, -0.25) is 19.3 Å². The Morgan fingerprint density at radius 2 is 1.64 bits per heavy atom. The number of carbonyl (C=O) groups is 3. The molecule has 0 aromatic heterocycles. The molecule has 0 radical (unpaired) electrons. The van der Waals surface area contributed by atoms with Crippen molar-refractivity contribution in [2.75, 3.05) is 10.2 Å². The highest BCUT2D eigenvalue weighted by Gasteiger charge is 2.49. The lowest BCUT2D eigenvalue weighted by atomic mass is 9.76. The second-order valence-corrected chi connectivity index (χ2v) is 7.96. The molecule has 1 aliphatic heterocycles. The number of aryl methyl sites for hydroxylation is 1. The van der Waals surface area contributed by atoms with Crippen molar-refractivity contribution in [1.82, 2.24) is 0 Å². The number of benzene rings is 2. The van der Waals surface area contributed by atoms with E-state index in [0.29, 0.717) is 17.2 Å². The zero-order chi connectivity index (χ0) is 19.8. The molecule has 28 heavy (non-hydrogen) atoms. The van der Waals surface area contributed by atoms with E-state index in [1.807, 2.05) is 31.2 Å². The van der Waals surface area contributed by atoms with E-state index >= 15 is 0 Å². The van der Waals surface area contributed by atoms with E-state index in [4.69, 9.17) is 0 Å². The van der Waals surface area contributed by atoms with Crippen molar-refractivity contribution < 1.29 is 14.4 Å². The van der Waals surface area contributed by atoms with E-state index in [9.17, 15) is 14.4 Å². The summed E-state index contributed by atoms with van der Waals surface area (Å²) < 4.78 is 0. The second kappa shape index (κ2) is 7.23. The highest BCUT2D eigenvalue weighted by molar-refractivity contribution is 6.22. The topological polar surface area (TPSA) is 66.5 Å². The van der Waals surface area contributed by atoms with Crippen molar-refractivity contribution in [2.45, 2.75) is 33.1 Å². The minimum absolute atomic E-state index is 0.0981. The Bertz CT molecular complexity index is 935. The Hall–Kier alpha value is -2.95. The first kappa shape index (κ1) is 18.4. The third-order valence-corrected chi connectivity index (χ3v) is 5.97. The average Bonchev–Trinajstić information content (AvgIpc) is 2.93. The van der Waals surface area contributed by atoms with Gasteiger partial charge in [0.2, 0.25) is 11.8 Å². The standard InChI is InChI=1S/C23H24N2O3/c1-14-7-12-18-19(13-14)23(28)25(22(18)27)17-10-8-16(9-11-17)21(26)24-20-6-4-3-5-15(20)2/h3-6,8-11,14,18-19H,7,12-13H2,1-2H3,(H,24,26). The quantitative estimate of drug-likeness (QED) is 0.818. The van der Waals surface area contributed by atoms with Gasteiger partial charge in [0.25, 0.3) is 5.91 Å². The molecule has 1 aliphatic carbocycles. The molecule has 5 heteroatoms. The van der Waals surface area contributed by atoms with Crippen molar-refractivity contribution in [1.29, 1.82) is 0 Å². The molecule has 1 N–H and O–H groups in total. The first-order valence-corrected chi connectivity index (χ1v) is 9.80. The van der Waals surface area contributed by atoms with Crippen molar-refractivity contribution in [3.63, 3.8) is 0 Å². The Morgan fingerprint density at radius 1 is 0.964 bits per heavy atom. The molecule has 2 fully saturated rings. The first-order valence-electron chi connectivity index (χ1n) is 9.80. The fourth-order valence-electron chi connectivity index (χ4n) is 4.31. The maximum Gasteiger partial charge on any atom is 0.255 e. The lowest BCUT2D eigenvalue weighted by molar-refractivity contribution is -0.122. The third kappa shape index (κ3) is 3.21. The Morgan fingerprint density at radius 3 is 2.36 bits per heavy atom. The van der Waals surface area contributed by atoms with Crippen LogP contribution < -0.4 is 10.2 Å². The van der Waals surface area contributed by atoms with Gasteiger partial charge in [0.15, 0.2) is 0 Å². The lowest BCUT2D eigenvalue weighted by Gasteiger charge is -2.25. The summed E-state index contributed by atoms with van der Waals surface area (Å²) in [7, 11) is 0. The predicted molar refractivity (Wildman–Crippen MR) is 108 cm³/mol. The van der Waals surface area contributed by atoms with Crippen LogP contribution in [0.2, 0.25) is 0 Å². The van der Waals surface area contributed by atoms with Crippen LogP contribution in [0, 0.1) is 24.7 Å². The van der Waals surface area contributed by atoms with Crippen LogP contribution in [0.5, 0.6) is 0 Å². The van der Waals surface area contributed by atoms with Gasteiger partial charge in [0, 0.05) is 11.3 Å². The molecular weight excluding hydrogens is 352 g/mol. The van der Waals surface area contributed by atoms with Gasteiger partial charge < -0.3 is 5.32 Å². The number of hydrogen-bond acceptors (Lipinski definition) is 3. The smallest absolute Gasteiger partial charge is 0.255 e. The fraction of sp³-hybridized carbons (Fsp3) is 0.348. The van der Waals surface area contributed by atoms with Crippen molar-refractivity contribution in [3.05, 3.63) is 59.7 Å². The molecule has 1 heterocycles. The van der Waals surface area contributed by atoms with Gasteiger partial charge in [0.1, 0.15) is 0 Å². The molecule has 3 unspecified atom stereocenters. The van der Waals surface area contributed by atoms with E-state index in [-0.39, 0.29) is 29.6 Å². The van der Waals surface area contributed by atoms with Crippen LogP contribution in [-0.2, 0) is 9.59 Å². The van der Waals surface area contributed by atoms with Gasteiger partial charge in [-0.2, -0.15) is 0 Å². The summed E-state index contributed by atoms with van der Waals surface area (Å²) in [5, 5.41) is 2.89. The van der Waals surface area contributed by atoms with Gasteiger partial charge in [-0.1, -0.05) is 25.1 Å². The number of hydrogen-bond donors (Lipinski definition) is 1. The van der Waals surface area contributed by atoms with Crippen LogP contribution in [0.3, 0.4) is 0 Å². The van der Waals surface area contributed by atoms with Crippen molar-refractivity contribution >= 4 is 29.1 Å². The van der Waals surface area contributed by atoms with Gasteiger partial charge in [-0.15, -0.1) is 0 Å². The van der Waals surface area contributed by atoms with E-state index in [0.717, 1.165) is 30.5 Å². The number of fused-ring (bicyclic) bond motifs is 1. The van der Waals surface area contributed by atoms with Gasteiger partial charge in [-0.25, -0.2) is 0 Å². The van der Waals surface area contributed by atoms with Crippen LogP contribution in [0.15, 0.2) is 48.5 Å². The summed E-state index contributed by atoms with van der Waals surface area (Å²) in [6, 6.07) is 14.3. The largest absolute Gasteiger partial charge is 0.322 e. The lowest BCUT2D eigenvalue weighted by Crippen LogP contribution is -2.30. The van der Waals surface area contributed by atoms with E-state index < -0.39 is 0 Å². The summed E-state index contributed by atoms with van der Waals surface area (Å²) in [5.41, 5.74) is 2.78. The monoisotopic (exact) mass is 376 g/mol. The molecule has 0 bridgehead atoms. The van der Waals surface area contributed by atoms with Crippen molar-refractivity contribution in [3.8, 4) is 0 Å². The molecule has 4 rings (SSSR count). The molecule has 1 saturated carbocycles. The zero-order valence-corrected chi connectivity index (χ0v) is 16.1. The van der Waals surface area contributed by atoms with Crippen LogP contribution in [0.1, 0.15) is 42.1 Å². The van der Waals surface area contributed by atoms with Crippen LogP contribution >= 0.6 is 0 Å². The Kier molecular flexibility index (Phi) is 4.75. The number of rotatable bonds is 3. The number of nitrogens with one attached hydrogen (secondary N) is 1. The van der Waals surface area contributed by atoms with Crippen LogP contribution in [0.25, 0.3) is 0 Å². The van der Waals surface area contributed by atoms with E-state index in [1.54, 1.807) is 24.3 Å². The van der Waals surface area contributed by atoms with Crippen LogP contribution in [0.4, 0.5) is 11.4 Å². The highest BCUT2D eigenvalue weighted by Crippen LogP contribution is 2.42. The van der Waals surface area contributed by atoms with Gasteiger partial charge in [-0.05, 0) is 68.0 Å². The Labute approximate surface area is 164 Å². The highest BCUT2D eigenvalue weighted by atomic mass is 16.2. The molecule has 1 saturated heterocycles. The summed E-state index contributed by atoms with van der Waals surface area (Å²) in [4.78, 5) is 39.4. The number of imide groups is 1. The number of nitrogens with zero attached hydrogens (tertiary/aromatic N) is 1. The van der Waals surface area contributed by atoms with E-state index in [1.165, 1.54) is 4.90 Å². The van der Waals surface area contributed by atoms with E-state index in [2.05, 4.69) is 12.2 Å². The number of anilines is 2. The Balaban J connectivity index is 1.52. The molecule has 2 aromatic carbocycles. The van der Waals surface area contributed by atoms with Gasteiger partial charge >= 0.3 is 0 Å². The maximum absolute atomic E-state index is 12.8. The minimum atomic E-state index is -0.220. The average molecular weight is 376 g/mol.